The van der Waals surface area contributed by atoms with Gasteiger partial charge in [-0.2, -0.15) is 0 Å². The average molecular weight is 311 g/mol. The molecule has 0 bridgehead atoms. The summed E-state index contributed by atoms with van der Waals surface area (Å²) in [5.74, 6) is 2.08. The number of amides is 1. The van der Waals surface area contributed by atoms with E-state index in [1.165, 1.54) is 5.56 Å². The molecule has 0 saturated heterocycles. The minimum Gasteiger partial charge on any atom is -0.494 e. The molecule has 2 aromatic rings. The van der Waals surface area contributed by atoms with Crippen molar-refractivity contribution >= 4 is 5.91 Å². The second kappa shape index (κ2) is 7.22. The van der Waals surface area contributed by atoms with Crippen molar-refractivity contribution in [3.05, 3.63) is 54.1 Å². The lowest BCUT2D eigenvalue weighted by molar-refractivity contribution is -0.121. The number of carbonyl (C=O) groups is 1. The summed E-state index contributed by atoms with van der Waals surface area (Å²) in [4.78, 5) is 20.3. The Balaban J connectivity index is 1.44. The zero-order valence-corrected chi connectivity index (χ0v) is 13.2. The number of benzene rings is 1. The van der Waals surface area contributed by atoms with Crippen LogP contribution in [0.2, 0.25) is 0 Å². The van der Waals surface area contributed by atoms with E-state index >= 15 is 0 Å². The van der Waals surface area contributed by atoms with Gasteiger partial charge in [0.15, 0.2) is 0 Å². The molecule has 5 nitrogen and oxygen atoms in total. The lowest BCUT2D eigenvalue weighted by Crippen LogP contribution is -2.26. The van der Waals surface area contributed by atoms with Gasteiger partial charge < -0.3 is 10.1 Å². The monoisotopic (exact) mass is 311 g/mol. The largest absolute Gasteiger partial charge is 0.494 e. The predicted octanol–water partition coefficient (Wildman–Crippen LogP) is 2.48. The summed E-state index contributed by atoms with van der Waals surface area (Å²) in [6, 6.07) is 10.2. The Morgan fingerprint density at radius 1 is 1.26 bits per heavy atom. The average Bonchev–Trinajstić information content (AvgIpc) is 3.34. The molecule has 0 spiro atoms. The minimum absolute atomic E-state index is 0.0656. The van der Waals surface area contributed by atoms with Crippen LogP contribution in [0.15, 0.2) is 42.7 Å². The first kappa shape index (κ1) is 15.5. The van der Waals surface area contributed by atoms with Gasteiger partial charge >= 0.3 is 0 Å². The number of hydrogen-bond donors (Lipinski definition) is 1. The third-order valence-corrected chi connectivity index (χ3v) is 3.95. The molecule has 2 atom stereocenters. The number of nitrogens with one attached hydrogen (secondary N) is 1. The van der Waals surface area contributed by atoms with Crippen LogP contribution in [0, 0.1) is 0 Å². The second-order valence-corrected chi connectivity index (χ2v) is 5.68. The van der Waals surface area contributed by atoms with Crippen LogP contribution in [0.3, 0.4) is 0 Å². The van der Waals surface area contributed by atoms with Gasteiger partial charge in [0, 0.05) is 37.2 Å². The van der Waals surface area contributed by atoms with Gasteiger partial charge in [-0.3, -0.25) is 4.79 Å². The predicted molar refractivity (Wildman–Crippen MR) is 87.3 cm³/mol. The standard InChI is InChI=1S/C18H21N3O2/c1-2-23-14-6-4-13(5-7-14)15-12-16(15)21-18(22)9-8-17-19-10-3-11-20-17/h3-7,10-11,15-16H,2,8-9,12H2,1H3,(H,21,22)/t15-,16+/m0/s1. The molecule has 3 rings (SSSR count). The lowest BCUT2D eigenvalue weighted by Gasteiger charge is -2.06. The molecule has 1 fully saturated rings. The Morgan fingerprint density at radius 2 is 2.00 bits per heavy atom. The van der Waals surface area contributed by atoms with E-state index in [2.05, 4.69) is 27.4 Å². The molecule has 120 valence electrons. The third kappa shape index (κ3) is 4.28. The van der Waals surface area contributed by atoms with Crippen molar-refractivity contribution in [2.75, 3.05) is 6.61 Å². The molecule has 1 heterocycles. The van der Waals surface area contributed by atoms with Gasteiger partial charge in [0.25, 0.3) is 0 Å². The molecule has 1 aliphatic carbocycles. The zero-order chi connectivity index (χ0) is 16.1. The SMILES string of the molecule is CCOc1ccc([C@@H]2C[C@H]2NC(=O)CCc2ncccn2)cc1. The van der Waals surface area contributed by atoms with Gasteiger partial charge in [0.1, 0.15) is 11.6 Å². The molecule has 0 radical (unpaired) electrons. The van der Waals surface area contributed by atoms with Gasteiger partial charge in [-0.05, 0) is 37.1 Å². The topological polar surface area (TPSA) is 64.1 Å². The van der Waals surface area contributed by atoms with Crippen LogP contribution >= 0.6 is 0 Å². The van der Waals surface area contributed by atoms with Crippen molar-refractivity contribution < 1.29 is 9.53 Å². The molecular weight excluding hydrogens is 290 g/mol. The lowest BCUT2D eigenvalue weighted by atomic mass is 10.1. The van der Waals surface area contributed by atoms with Crippen LogP contribution in [0.4, 0.5) is 0 Å². The maximum atomic E-state index is 12.0. The molecule has 23 heavy (non-hydrogen) atoms. The number of hydrogen-bond acceptors (Lipinski definition) is 4. The first-order chi connectivity index (χ1) is 11.3. The normalized spacial score (nSPS) is 19.2. The van der Waals surface area contributed by atoms with Crippen LogP contribution in [-0.2, 0) is 11.2 Å². The van der Waals surface area contributed by atoms with Crippen molar-refractivity contribution in [3.63, 3.8) is 0 Å². The van der Waals surface area contributed by atoms with Gasteiger partial charge in [-0.1, -0.05) is 12.1 Å². The molecular formula is C18H21N3O2. The van der Waals surface area contributed by atoms with Crippen molar-refractivity contribution in [1.82, 2.24) is 15.3 Å². The summed E-state index contributed by atoms with van der Waals surface area (Å²) in [5.41, 5.74) is 1.25. The van der Waals surface area contributed by atoms with E-state index in [0.717, 1.165) is 12.2 Å². The number of ether oxygens (including phenoxy) is 1. The summed E-state index contributed by atoms with van der Waals surface area (Å²) in [5, 5.41) is 3.09. The number of rotatable bonds is 7. The van der Waals surface area contributed by atoms with Gasteiger partial charge in [-0.15, -0.1) is 0 Å². The quantitative estimate of drug-likeness (QED) is 0.853. The first-order valence-electron chi connectivity index (χ1n) is 8.04. The number of aryl methyl sites for hydroxylation is 1. The number of nitrogens with zero attached hydrogens (tertiary/aromatic N) is 2. The van der Waals surface area contributed by atoms with Gasteiger partial charge in [0.05, 0.1) is 6.61 Å². The Hall–Kier alpha value is -2.43. The zero-order valence-electron chi connectivity index (χ0n) is 13.2. The highest BCUT2D eigenvalue weighted by Crippen LogP contribution is 2.41. The Morgan fingerprint density at radius 3 is 2.70 bits per heavy atom. The Kier molecular flexibility index (Phi) is 4.86. The summed E-state index contributed by atoms with van der Waals surface area (Å²) in [7, 11) is 0. The minimum atomic E-state index is 0.0656. The fraction of sp³-hybridized carbons (Fsp3) is 0.389. The van der Waals surface area contributed by atoms with Crippen molar-refractivity contribution in [1.29, 1.82) is 0 Å². The fourth-order valence-electron chi connectivity index (χ4n) is 2.66. The molecule has 1 aliphatic rings. The molecule has 0 unspecified atom stereocenters. The number of carbonyl (C=O) groups excluding carboxylic acids is 1. The van der Waals surface area contributed by atoms with E-state index in [4.69, 9.17) is 4.74 Å². The molecule has 0 aliphatic heterocycles. The first-order valence-corrected chi connectivity index (χ1v) is 8.04. The highest BCUT2D eigenvalue weighted by Gasteiger charge is 2.39. The van der Waals surface area contributed by atoms with Crippen molar-refractivity contribution in [3.8, 4) is 5.75 Å². The summed E-state index contributed by atoms with van der Waals surface area (Å²) in [6.45, 7) is 2.65. The van der Waals surface area contributed by atoms with Crippen LogP contribution < -0.4 is 10.1 Å². The summed E-state index contributed by atoms with van der Waals surface area (Å²) >= 11 is 0. The van der Waals surface area contributed by atoms with E-state index in [1.54, 1.807) is 18.5 Å². The summed E-state index contributed by atoms with van der Waals surface area (Å²) < 4.78 is 5.44. The molecule has 5 heteroatoms. The summed E-state index contributed by atoms with van der Waals surface area (Å²) in [6.07, 6.45) is 5.40. The molecule has 1 aromatic heterocycles. The smallest absolute Gasteiger partial charge is 0.220 e. The van der Waals surface area contributed by atoms with E-state index in [0.29, 0.717) is 31.2 Å². The molecule has 1 saturated carbocycles. The fourth-order valence-corrected chi connectivity index (χ4v) is 2.66. The van der Waals surface area contributed by atoms with E-state index < -0.39 is 0 Å². The van der Waals surface area contributed by atoms with Crippen molar-refractivity contribution in [2.45, 2.75) is 38.1 Å². The van der Waals surface area contributed by atoms with Crippen LogP contribution in [0.1, 0.15) is 37.1 Å². The second-order valence-electron chi connectivity index (χ2n) is 5.68. The van der Waals surface area contributed by atoms with E-state index in [1.807, 2.05) is 19.1 Å². The highest BCUT2D eigenvalue weighted by atomic mass is 16.5. The van der Waals surface area contributed by atoms with Gasteiger partial charge in [0.2, 0.25) is 5.91 Å². The Labute approximate surface area is 136 Å². The van der Waals surface area contributed by atoms with Crippen LogP contribution in [-0.4, -0.2) is 28.5 Å². The molecule has 1 amide bonds. The third-order valence-electron chi connectivity index (χ3n) is 3.95. The number of aromatic nitrogens is 2. The Bertz CT molecular complexity index is 643. The van der Waals surface area contributed by atoms with Crippen LogP contribution in [0.5, 0.6) is 5.75 Å². The molecule has 1 aromatic carbocycles. The van der Waals surface area contributed by atoms with E-state index in [9.17, 15) is 4.79 Å². The molecule has 1 N–H and O–H groups in total. The van der Waals surface area contributed by atoms with E-state index in [-0.39, 0.29) is 11.9 Å². The van der Waals surface area contributed by atoms with Crippen molar-refractivity contribution in [2.24, 2.45) is 0 Å². The van der Waals surface area contributed by atoms with Crippen LogP contribution in [0.25, 0.3) is 0 Å². The highest BCUT2D eigenvalue weighted by molar-refractivity contribution is 5.77. The maximum absolute atomic E-state index is 12.0. The van der Waals surface area contributed by atoms with Gasteiger partial charge in [-0.25, -0.2) is 9.97 Å². The maximum Gasteiger partial charge on any atom is 0.220 e.